The molecule has 0 spiro atoms. The van der Waals surface area contributed by atoms with Crippen molar-refractivity contribution in [1.29, 1.82) is 0 Å². The molecule has 0 radical (unpaired) electrons. The molecule has 1 atom stereocenters. The molecule has 6 heterocycles. The molecule has 4 aromatic heterocycles. The van der Waals surface area contributed by atoms with Gasteiger partial charge in [-0.1, -0.05) is 29.8 Å². The molecule has 19 nitrogen and oxygen atoms in total. The Hall–Kier alpha value is -5.91. The lowest BCUT2D eigenvalue weighted by molar-refractivity contribution is -0.136. The van der Waals surface area contributed by atoms with Crippen molar-refractivity contribution in [3.05, 3.63) is 111 Å². The Labute approximate surface area is 420 Å². The molecule has 3 N–H and O–H groups in total. The van der Waals surface area contributed by atoms with Crippen molar-refractivity contribution in [2.45, 2.75) is 69.9 Å². The fraction of sp³-hybridized carbons (Fsp3) is 0.408. The quantitative estimate of drug-likeness (QED) is 0.0652. The van der Waals surface area contributed by atoms with E-state index in [2.05, 4.69) is 39.8 Å². The van der Waals surface area contributed by atoms with E-state index < -0.39 is 22.0 Å². The molecular formula is C49H56ClN9O10S2. The number of hydrogen-bond donors (Lipinski definition) is 3. The highest BCUT2D eigenvalue weighted by Crippen LogP contribution is 2.40. The number of carbonyl (C=O) groups excluding carboxylic acids is 2. The predicted octanol–water partition coefficient (Wildman–Crippen LogP) is 6.13. The number of methoxy groups -OCH3 is 1. The maximum absolute atomic E-state index is 14.3. The number of thiophene rings is 1. The van der Waals surface area contributed by atoms with Crippen LogP contribution >= 0.6 is 22.9 Å². The number of halogens is 1. The van der Waals surface area contributed by atoms with Gasteiger partial charge >= 0.3 is 5.97 Å². The number of amides is 2. The van der Waals surface area contributed by atoms with Crippen LogP contribution in [0.3, 0.4) is 0 Å². The monoisotopic (exact) mass is 1030 g/mol. The summed E-state index contributed by atoms with van der Waals surface area (Å²) in [6, 6.07) is 15.1. The van der Waals surface area contributed by atoms with Gasteiger partial charge in [-0.15, -0.1) is 21.5 Å². The van der Waals surface area contributed by atoms with Crippen LogP contribution < -0.4 is 10.6 Å². The number of hydrogen-bond acceptors (Lipinski definition) is 14. The molecule has 71 heavy (non-hydrogen) atoms. The molecule has 2 aromatic carbocycles. The number of carboxylic acid groups (broad SMARTS) is 1. The molecule has 1 saturated heterocycles. The maximum atomic E-state index is 14.3. The first-order valence-electron chi connectivity index (χ1n) is 23.2. The van der Waals surface area contributed by atoms with Gasteiger partial charge in [0.15, 0.2) is 5.82 Å². The van der Waals surface area contributed by atoms with Gasteiger partial charge in [0, 0.05) is 70.8 Å². The number of pyridine rings is 1. The van der Waals surface area contributed by atoms with Crippen molar-refractivity contribution < 1.29 is 46.9 Å². The number of carbonyl (C=O) groups is 3. The van der Waals surface area contributed by atoms with Crippen LogP contribution in [-0.2, 0) is 49.8 Å². The second-order valence-electron chi connectivity index (χ2n) is 17.1. The Kier molecular flexibility index (Phi) is 16.7. The van der Waals surface area contributed by atoms with Crippen LogP contribution in [0.25, 0.3) is 21.6 Å². The Balaban J connectivity index is 0.768. The smallest absolute Gasteiger partial charge is 0.307 e. The number of benzene rings is 2. The first kappa shape index (κ1) is 51.4. The van der Waals surface area contributed by atoms with E-state index in [1.807, 2.05) is 35.8 Å². The van der Waals surface area contributed by atoms with Crippen molar-refractivity contribution in [1.82, 2.24) is 34.0 Å². The molecule has 2 aliphatic heterocycles. The molecule has 0 aliphatic carbocycles. The Morgan fingerprint density at radius 1 is 0.887 bits per heavy atom. The van der Waals surface area contributed by atoms with Gasteiger partial charge in [-0.05, 0) is 81.1 Å². The lowest BCUT2D eigenvalue weighted by Gasteiger charge is -2.31. The van der Waals surface area contributed by atoms with Crippen molar-refractivity contribution in [2.24, 2.45) is 4.99 Å². The van der Waals surface area contributed by atoms with Crippen molar-refractivity contribution in [2.75, 3.05) is 71.7 Å². The van der Waals surface area contributed by atoms with Crippen molar-refractivity contribution in [3.8, 4) is 16.1 Å². The summed E-state index contributed by atoms with van der Waals surface area (Å²) in [5.41, 5.74) is 6.04. The third-order valence-corrected chi connectivity index (χ3v) is 15.8. The lowest BCUT2D eigenvalue weighted by atomic mass is 9.99. The highest BCUT2D eigenvalue weighted by Gasteiger charge is 2.34. The number of aryl methyl sites for hydroxylation is 2. The zero-order chi connectivity index (χ0) is 50.2. The fourth-order valence-corrected chi connectivity index (χ4v) is 11.6. The van der Waals surface area contributed by atoms with Gasteiger partial charge in [0.05, 0.1) is 87.3 Å². The molecule has 0 bridgehead atoms. The SMILES string of the molecule is COC1CCN(S(=O)(=O)c2cc(NC(=O)CCOCCOCCOCCNC(=O)C[C@@H]3N=C(c4ccc(Cl)cc4)c4c(sc(C)c4C)-n4c(C)nnc43)ccc2-c2ccn3ncc(CC(=O)O)c3c2)CC1. The minimum atomic E-state index is -4.04. The van der Waals surface area contributed by atoms with Gasteiger partial charge in [0.2, 0.25) is 21.8 Å². The maximum Gasteiger partial charge on any atom is 0.307 e. The van der Waals surface area contributed by atoms with Gasteiger partial charge in [-0.2, -0.15) is 9.40 Å². The topological polar surface area (TPSA) is 230 Å². The normalized spacial score (nSPS) is 15.3. The molecular weight excluding hydrogens is 974 g/mol. The third kappa shape index (κ3) is 12.1. The summed E-state index contributed by atoms with van der Waals surface area (Å²) in [7, 11) is -2.43. The summed E-state index contributed by atoms with van der Waals surface area (Å²) in [4.78, 5) is 44.1. The second kappa shape index (κ2) is 23.1. The number of anilines is 1. The second-order valence-corrected chi connectivity index (χ2v) is 20.7. The Bertz CT molecular complexity index is 3040. The van der Waals surface area contributed by atoms with Crippen LogP contribution in [0.1, 0.15) is 70.5 Å². The summed E-state index contributed by atoms with van der Waals surface area (Å²) in [5.74, 6) is -0.269. The number of aromatic nitrogens is 5. The minimum Gasteiger partial charge on any atom is -0.481 e. The highest BCUT2D eigenvalue weighted by molar-refractivity contribution is 7.89. The zero-order valence-electron chi connectivity index (χ0n) is 39.9. The van der Waals surface area contributed by atoms with Crippen LogP contribution in [0, 0.1) is 20.8 Å². The summed E-state index contributed by atoms with van der Waals surface area (Å²) >= 11 is 7.88. The van der Waals surface area contributed by atoms with Gasteiger partial charge in [0.25, 0.3) is 0 Å². The van der Waals surface area contributed by atoms with Crippen molar-refractivity contribution in [3.63, 3.8) is 0 Å². The highest BCUT2D eigenvalue weighted by atomic mass is 35.5. The number of sulfonamides is 1. The van der Waals surface area contributed by atoms with Crippen molar-refractivity contribution >= 4 is 67.7 Å². The zero-order valence-corrected chi connectivity index (χ0v) is 42.2. The third-order valence-electron chi connectivity index (χ3n) is 12.4. The molecule has 2 amide bonds. The molecule has 0 unspecified atom stereocenters. The molecule has 22 heteroatoms. The summed E-state index contributed by atoms with van der Waals surface area (Å²) < 4.78 is 55.9. The number of carboxylic acids is 1. The first-order valence-corrected chi connectivity index (χ1v) is 25.9. The average Bonchev–Trinajstić information content (AvgIpc) is 4.00. The summed E-state index contributed by atoms with van der Waals surface area (Å²) in [6.45, 7) is 8.36. The molecule has 0 saturated carbocycles. The molecule has 2 aliphatic rings. The number of piperidine rings is 1. The fourth-order valence-electron chi connectivity index (χ4n) is 8.57. The predicted molar refractivity (Wildman–Crippen MR) is 267 cm³/mol. The van der Waals surface area contributed by atoms with E-state index in [0.29, 0.717) is 70.6 Å². The number of ether oxygens (including phenoxy) is 4. The summed E-state index contributed by atoms with van der Waals surface area (Å²) in [6.07, 6.45) is 4.01. The van der Waals surface area contributed by atoms with E-state index in [1.165, 1.54) is 16.6 Å². The molecule has 1 fully saturated rings. The van der Waals surface area contributed by atoms with Gasteiger partial charge in [0.1, 0.15) is 16.9 Å². The van der Waals surface area contributed by atoms with E-state index in [0.717, 1.165) is 32.3 Å². The summed E-state index contributed by atoms with van der Waals surface area (Å²) in [5, 5.41) is 29.8. The number of aliphatic carboxylic acids is 1. The van der Waals surface area contributed by atoms with Crippen LogP contribution in [0.2, 0.25) is 5.02 Å². The molecule has 376 valence electrons. The number of aliphatic imine (C=N–C) groups is 1. The molecule has 8 rings (SSSR count). The first-order chi connectivity index (χ1) is 34.2. The van der Waals surface area contributed by atoms with Gasteiger partial charge in [-0.3, -0.25) is 23.9 Å². The van der Waals surface area contributed by atoms with Gasteiger partial charge < -0.3 is 34.7 Å². The number of nitrogens with zero attached hydrogens (tertiary/aromatic N) is 7. The van der Waals surface area contributed by atoms with E-state index in [9.17, 15) is 27.9 Å². The standard InChI is InChI=1S/C49H56ClN9O10S2/c1-30-31(2)70-49-46(30)47(33-5-7-36(50)8-6-33)54-40(48-56-55-32(3)59(48)49)28-44(61)51-15-20-68-22-24-69-23-21-67-19-14-43(60)53-37-9-10-39(34-11-18-58-41(25-34)35(29-52-58)26-45(62)63)42(27-37)71(64,65)57-16-12-38(66-4)13-17-57/h5-11,18,25,27,29,38,40H,12-17,19-24,26,28H2,1-4H3,(H,51,61)(H,53,60)(H,62,63)/t40-/m0/s1. The van der Waals surface area contributed by atoms with Crippen LogP contribution in [0.5, 0.6) is 0 Å². The van der Waals surface area contributed by atoms with E-state index in [1.54, 1.807) is 53.4 Å². The Morgan fingerprint density at radius 3 is 2.32 bits per heavy atom. The number of rotatable bonds is 22. The lowest BCUT2D eigenvalue weighted by Crippen LogP contribution is -2.40. The van der Waals surface area contributed by atoms with Crippen LogP contribution in [0.4, 0.5) is 5.69 Å². The van der Waals surface area contributed by atoms with Crippen LogP contribution in [-0.4, -0.2) is 138 Å². The van der Waals surface area contributed by atoms with Gasteiger partial charge in [-0.25, -0.2) is 12.9 Å². The van der Waals surface area contributed by atoms with E-state index >= 15 is 0 Å². The largest absolute Gasteiger partial charge is 0.481 e. The average molecular weight is 1030 g/mol. The molecule has 6 aromatic rings. The van der Waals surface area contributed by atoms with E-state index in [4.69, 9.17) is 35.5 Å². The number of fused-ring (bicyclic) bond motifs is 4. The number of nitrogens with one attached hydrogen (secondary N) is 2. The van der Waals surface area contributed by atoms with E-state index in [-0.39, 0.29) is 88.1 Å². The van der Waals surface area contributed by atoms with Crippen LogP contribution in [0.15, 0.2) is 76.9 Å². The minimum absolute atomic E-state index is 0.00642. The Morgan fingerprint density at radius 2 is 1.61 bits per heavy atom.